The second-order valence-electron chi connectivity index (χ2n) is 7.32. The molecule has 0 aliphatic heterocycles. The van der Waals surface area contributed by atoms with Crippen LogP contribution in [0.2, 0.25) is 0 Å². The summed E-state index contributed by atoms with van der Waals surface area (Å²) in [7, 11) is 2.34. The standard InChI is InChI=1S/C15H29NS/c1-14(2)9-5-13(6-10-14)16(3)11-15(12-17)7-4-8-15/h13,17H,4-12H2,1-3H3. The molecule has 0 atom stereocenters. The maximum atomic E-state index is 4.57. The van der Waals surface area contributed by atoms with Gasteiger partial charge >= 0.3 is 0 Å². The van der Waals surface area contributed by atoms with Gasteiger partial charge in [-0.15, -0.1) is 0 Å². The molecular formula is C15H29NS. The predicted molar refractivity (Wildman–Crippen MR) is 78.8 cm³/mol. The van der Waals surface area contributed by atoms with E-state index in [1.54, 1.807) is 0 Å². The van der Waals surface area contributed by atoms with Crippen molar-refractivity contribution < 1.29 is 0 Å². The number of thiol groups is 1. The summed E-state index contributed by atoms with van der Waals surface area (Å²) in [5.41, 5.74) is 1.15. The van der Waals surface area contributed by atoms with E-state index in [-0.39, 0.29) is 0 Å². The second kappa shape index (κ2) is 5.13. The molecule has 0 radical (unpaired) electrons. The van der Waals surface area contributed by atoms with Crippen LogP contribution in [0.5, 0.6) is 0 Å². The molecule has 17 heavy (non-hydrogen) atoms. The van der Waals surface area contributed by atoms with E-state index in [1.165, 1.54) is 51.5 Å². The molecule has 0 N–H and O–H groups in total. The van der Waals surface area contributed by atoms with Crippen molar-refractivity contribution in [1.82, 2.24) is 4.90 Å². The Labute approximate surface area is 113 Å². The van der Waals surface area contributed by atoms with E-state index in [0.29, 0.717) is 10.8 Å². The summed E-state index contributed by atoms with van der Waals surface area (Å²) in [5.74, 6) is 1.08. The number of nitrogens with zero attached hydrogens (tertiary/aromatic N) is 1. The van der Waals surface area contributed by atoms with Crippen molar-refractivity contribution >= 4 is 12.6 Å². The molecule has 100 valence electrons. The van der Waals surface area contributed by atoms with Gasteiger partial charge in [-0.25, -0.2) is 0 Å². The quantitative estimate of drug-likeness (QED) is 0.744. The van der Waals surface area contributed by atoms with Crippen LogP contribution in [0.15, 0.2) is 0 Å². The Bertz CT molecular complexity index is 242. The van der Waals surface area contributed by atoms with Crippen molar-refractivity contribution in [3.8, 4) is 0 Å². The first-order valence-electron chi connectivity index (χ1n) is 7.28. The Morgan fingerprint density at radius 3 is 2.12 bits per heavy atom. The van der Waals surface area contributed by atoms with Crippen molar-refractivity contribution in [2.24, 2.45) is 10.8 Å². The summed E-state index contributed by atoms with van der Waals surface area (Å²) in [6, 6.07) is 0.834. The predicted octanol–water partition coefficient (Wildman–Crippen LogP) is 3.99. The molecule has 0 unspecified atom stereocenters. The zero-order valence-electron chi connectivity index (χ0n) is 11.8. The molecule has 0 bridgehead atoms. The molecule has 2 rings (SSSR count). The van der Waals surface area contributed by atoms with Crippen LogP contribution in [0.4, 0.5) is 0 Å². The summed E-state index contributed by atoms with van der Waals surface area (Å²) in [6.45, 7) is 6.12. The van der Waals surface area contributed by atoms with Crippen molar-refractivity contribution in [1.29, 1.82) is 0 Å². The molecule has 2 aliphatic carbocycles. The lowest BCUT2D eigenvalue weighted by Crippen LogP contribution is -2.47. The van der Waals surface area contributed by atoms with Gasteiger partial charge in [0.2, 0.25) is 0 Å². The van der Waals surface area contributed by atoms with Gasteiger partial charge in [0, 0.05) is 12.6 Å². The Morgan fingerprint density at radius 2 is 1.71 bits per heavy atom. The van der Waals surface area contributed by atoms with Crippen LogP contribution < -0.4 is 0 Å². The van der Waals surface area contributed by atoms with Gasteiger partial charge < -0.3 is 4.90 Å². The van der Waals surface area contributed by atoms with Crippen molar-refractivity contribution in [3.05, 3.63) is 0 Å². The minimum Gasteiger partial charge on any atom is -0.303 e. The van der Waals surface area contributed by atoms with Crippen LogP contribution in [0.25, 0.3) is 0 Å². The Morgan fingerprint density at radius 1 is 1.12 bits per heavy atom. The lowest BCUT2D eigenvalue weighted by Gasteiger charge is -2.47. The molecule has 0 heterocycles. The van der Waals surface area contributed by atoms with Crippen LogP contribution in [0, 0.1) is 10.8 Å². The van der Waals surface area contributed by atoms with E-state index < -0.39 is 0 Å². The van der Waals surface area contributed by atoms with Crippen LogP contribution in [-0.4, -0.2) is 30.3 Å². The first-order valence-corrected chi connectivity index (χ1v) is 7.91. The van der Waals surface area contributed by atoms with Gasteiger partial charge in [0.25, 0.3) is 0 Å². The van der Waals surface area contributed by atoms with Gasteiger partial charge in [0.1, 0.15) is 0 Å². The lowest BCUT2D eigenvalue weighted by atomic mass is 9.69. The van der Waals surface area contributed by atoms with Gasteiger partial charge in [0.15, 0.2) is 0 Å². The van der Waals surface area contributed by atoms with Crippen molar-refractivity contribution in [3.63, 3.8) is 0 Å². The number of hydrogen-bond donors (Lipinski definition) is 1. The molecule has 2 heteroatoms. The lowest BCUT2D eigenvalue weighted by molar-refractivity contribution is 0.0538. The smallest absolute Gasteiger partial charge is 0.00928 e. The molecule has 0 amide bonds. The highest BCUT2D eigenvalue weighted by Crippen LogP contribution is 2.44. The van der Waals surface area contributed by atoms with Crippen LogP contribution in [-0.2, 0) is 0 Å². The fraction of sp³-hybridized carbons (Fsp3) is 1.00. The van der Waals surface area contributed by atoms with Crippen molar-refractivity contribution in [2.45, 2.75) is 64.8 Å². The molecular weight excluding hydrogens is 226 g/mol. The molecule has 0 aromatic heterocycles. The van der Waals surface area contributed by atoms with Crippen LogP contribution in [0.3, 0.4) is 0 Å². The molecule has 1 nitrogen and oxygen atoms in total. The summed E-state index contributed by atoms with van der Waals surface area (Å²) in [4.78, 5) is 2.64. The van der Waals surface area contributed by atoms with E-state index in [2.05, 4.69) is 38.4 Å². The van der Waals surface area contributed by atoms with E-state index in [0.717, 1.165) is 11.8 Å². The topological polar surface area (TPSA) is 3.24 Å². The molecule has 0 aromatic carbocycles. The highest BCUT2D eigenvalue weighted by molar-refractivity contribution is 7.80. The number of hydrogen-bond acceptors (Lipinski definition) is 2. The SMILES string of the molecule is CN(CC1(CS)CCC1)C1CCC(C)(C)CC1. The highest BCUT2D eigenvalue weighted by atomic mass is 32.1. The second-order valence-corrected chi connectivity index (χ2v) is 7.64. The summed E-state index contributed by atoms with van der Waals surface area (Å²) < 4.78 is 0. The zero-order valence-corrected chi connectivity index (χ0v) is 12.7. The van der Waals surface area contributed by atoms with E-state index in [1.807, 2.05) is 0 Å². The third kappa shape index (κ3) is 3.20. The normalized spacial score (nSPS) is 28.1. The maximum absolute atomic E-state index is 4.57. The molecule has 2 aliphatic rings. The summed E-state index contributed by atoms with van der Waals surface area (Å²) in [5, 5.41) is 0. The average molecular weight is 255 g/mol. The summed E-state index contributed by atoms with van der Waals surface area (Å²) >= 11 is 4.57. The average Bonchev–Trinajstić information content (AvgIpc) is 2.23. The Hall–Kier alpha value is 0.310. The fourth-order valence-corrected chi connectivity index (χ4v) is 3.94. The van der Waals surface area contributed by atoms with Gasteiger partial charge in [-0.1, -0.05) is 20.3 Å². The van der Waals surface area contributed by atoms with E-state index >= 15 is 0 Å². The first kappa shape index (κ1) is 13.7. The van der Waals surface area contributed by atoms with E-state index in [9.17, 15) is 0 Å². The third-order valence-electron chi connectivity index (χ3n) is 5.27. The molecule has 0 spiro atoms. The van der Waals surface area contributed by atoms with Gasteiger partial charge in [-0.3, -0.25) is 0 Å². The Balaban J connectivity index is 1.82. The summed E-state index contributed by atoms with van der Waals surface area (Å²) in [6.07, 6.45) is 9.81. The number of rotatable bonds is 4. The van der Waals surface area contributed by atoms with Gasteiger partial charge in [-0.05, 0) is 62.2 Å². The molecule has 2 saturated carbocycles. The fourth-order valence-electron chi connectivity index (χ4n) is 3.53. The third-order valence-corrected chi connectivity index (χ3v) is 5.94. The first-order chi connectivity index (χ1) is 7.96. The zero-order chi connectivity index (χ0) is 12.5. The van der Waals surface area contributed by atoms with Crippen LogP contribution >= 0.6 is 12.6 Å². The minimum absolute atomic E-state index is 0.560. The molecule has 2 fully saturated rings. The molecule has 0 saturated heterocycles. The monoisotopic (exact) mass is 255 g/mol. The minimum atomic E-state index is 0.560. The largest absolute Gasteiger partial charge is 0.303 e. The highest BCUT2D eigenvalue weighted by Gasteiger charge is 2.38. The van der Waals surface area contributed by atoms with E-state index in [4.69, 9.17) is 0 Å². The molecule has 0 aromatic rings. The Kier molecular flexibility index (Phi) is 4.14. The maximum Gasteiger partial charge on any atom is 0.00928 e. The van der Waals surface area contributed by atoms with Gasteiger partial charge in [-0.2, -0.15) is 12.6 Å². The van der Waals surface area contributed by atoms with Crippen molar-refractivity contribution in [2.75, 3.05) is 19.3 Å². The van der Waals surface area contributed by atoms with Crippen LogP contribution in [0.1, 0.15) is 58.8 Å². The van der Waals surface area contributed by atoms with Gasteiger partial charge in [0.05, 0.1) is 0 Å².